The van der Waals surface area contributed by atoms with E-state index in [0.717, 1.165) is 36.4 Å². The van der Waals surface area contributed by atoms with Gasteiger partial charge in [0.15, 0.2) is 0 Å². The topological polar surface area (TPSA) is 67.0 Å². The van der Waals surface area contributed by atoms with Crippen molar-refractivity contribution < 1.29 is 9.53 Å². The highest BCUT2D eigenvalue weighted by Crippen LogP contribution is 2.17. The number of fused-ring (bicyclic) bond motifs is 1. The first-order chi connectivity index (χ1) is 9.26. The molecule has 0 atom stereocenters. The van der Waals surface area contributed by atoms with Crippen molar-refractivity contribution in [2.75, 3.05) is 19.7 Å². The average molecular weight is 259 g/mol. The lowest BCUT2D eigenvalue weighted by Gasteiger charge is -2.25. The minimum atomic E-state index is -0.288. The van der Waals surface area contributed by atoms with E-state index >= 15 is 0 Å². The molecule has 0 bridgehead atoms. The van der Waals surface area contributed by atoms with Gasteiger partial charge in [0.1, 0.15) is 5.82 Å². The number of nitrogens with zero attached hydrogens (tertiary/aromatic N) is 1. The first kappa shape index (κ1) is 12.2. The lowest BCUT2D eigenvalue weighted by molar-refractivity contribution is 0.0526. The van der Waals surface area contributed by atoms with Crippen molar-refractivity contribution >= 4 is 17.0 Å². The number of hydrogen-bond acceptors (Lipinski definition) is 4. The van der Waals surface area contributed by atoms with Crippen LogP contribution in [0.3, 0.4) is 0 Å². The molecule has 0 unspecified atom stereocenters. The summed E-state index contributed by atoms with van der Waals surface area (Å²) in [6.45, 7) is 4.31. The summed E-state index contributed by atoms with van der Waals surface area (Å²) in [6, 6.07) is 5.43. The molecule has 0 saturated carbocycles. The van der Waals surface area contributed by atoms with Gasteiger partial charge in [0.25, 0.3) is 0 Å². The third kappa shape index (κ3) is 2.46. The second-order valence-corrected chi connectivity index (χ2v) is 4.86. The fourth-order valence-electron chi connectivity index (χ4n) is 2.27. The van der Waals surface area contributed by atoms with Crippen molar-refractivity contribution in [3.8, 4) is 0 Å². The number of imidazole rings is 1. The summed E-state index contributed by atoms with van der Waals surface area (Å²) < 4.78 is 4.99. The molecule has 0 radical (unpaired) electrons. The molecule has 1 aromatic carbocycles. The fourth-order valence-corrected chi connectivity index (χ4v) is 2.27. The van der Waals surface area contributed by atoms with Gasteiger partial charge in [0.2, 0.25) is 0 Å². The Labute approximate surface area is 111 Å². The number of esters is 1. The fraction of sp³-hybridized carbons (Fsp3) is 0.429. The maximum Gasteiger partial charge on any atom is 0.338 e. The minimum absolute atomic E-state index is 0.288. The summed E-state index contributed by atoms with van der Waals surface area (Å²) in [5, 5.41) is 3.25. The molecule has 1 aliphatic rings. The molecule has 1 aliphatic heterocycles. The van der Waals surface area contributed by atoms with Crippen molar-refractivity contribution in [3.05, 3.63) is 29.6 Å². The zero-order valence-electron chi connectivity index (χ0n) is 10.9. The van der Waals surface area contributed by atoms with Crippen LogP contribution in [-0.2, 0) is 11.2 Å². The highest BCUT2D eigenvalue weighted by atomic mass is 16.5. The zero-order valence-corrected chi connectivity index (χ0v) is 10.9. The number of carbonyl (C=O) groups is 1. The maximum atomic E-state index is 11.7. The second-order valence-electron chi connectivity index (χ2n) is 4.86. The van der Waals surface area contributed by atoms with Gasteiger partial charge in [0.05, 0.1) is 23.2 Å². The van der Waals surface area contributed by atoms with Crippen molar-refractivity contribution in [2.24, 2.45) is 5.92 Å². The van der Waals surface area contributed by atoms with E-state index < -0.39 is 0 Å². The molecule has 100 valence electrons. The quantitative estimate of drug-likeness (QED) is 0.817. The van der Waals surface area contributed by atoms with E-state index in [2.05, 4.69) is 15.3 Å². The molecule has 2 aromatic rings. The van der Waals surface area contributed by atoms with Gasteiger partial charge in [0, 0.05) is 6.42 Å². The van der Waals surface area contributed by atoms with E-state index in [-0.39, 0.29) is 5.97 Å². The van der Waals surface area contributed by atoms with Crippen LogP contribution < -0.4 is 5.32 Å². The molecule has 2 N–H and O–H groups in total. The van der Waals surface area contributed by atoms with Gasteiger partial charge in [-0.2, -0.15) is 0 Å². The van der Waals surface area contributed by atoms with Gasteiger partial charge in [-0.25, -0.2) is 9.78 Å². The van der Waals surface area contributed by atoms with E-state index in [4.69, 9.17) is 4.74 Å². The molecule has 1 fully saturated rings. The van der Waals surface area contributed by atoms with Crippen molar-refractivity contribution in [1.29, 1.82) is 0 Å². The van der Waals surface area contributed by atoms with Crippen molar-refractivity contribution in [3.63, 3.8) is 0 Å². The van der Waals surface area contributed by atoms with Crippen LogP contribution in [0.25, 0.3) is 11.0 Å². The number of benzene rings is 1. The Morgan fingerprint density at radius 3 is 3.00 bits per heavy atom. The minimum Gasteiger partial charge on any atom is -0.462 e. The highest BCUT2D eigenvalue weighted by Gasteiger charge is 2.19. The van der Waals surface area contributed by atoms with Gasteiger partial charge in [-0.05, 0) is 44.1 Å². The Morgan fingerprint density at radius 2 is 2.32 bits per heavy atom. The van der Waals surface area contributed by atoms with E-state index in [1.165, 1.54) is 0 Å². The maximum absolute atomic E-state index is 11.7. The molecule has 19 heavy (non-hydrogen) atoms. The van der Waals surface area contributed by atoms with Crippen LogP contribution >= 0.6 is 0 Å². The molecule has 0 amide bonds. The second kappa shape index (κ2) is 5.01. The Kier molecular flexibility index (Phi) is 3.21. The number of ether oxygens (including phenoxy) is 1. The molecule has 1 saturated heterocycles. The van der Waals surface area contributed by atoms with Gasteiger partial charge in [-0.15, -0.1) is 0 Å². The SMILES string of the molecule is CCOC(=O)c1ccc2nc(CC3CNC3)[nH]c2c1. The number of nitrogens with one attached hydrogen (secondary N) is 2. The molecule has 5 nitrogen and oxygen atoms in total. The molecule has 0 aliphatic carbocycles. The third-order valence-electron chi connectivity index (χ3n) is 3.39. The van der Waals surface area contributed by atoms with Crippen molar-refractivity contribution in [2.45, 2.75) is 13.3 Å². The number of aromatic amines is 1. The number of aromatic nitrogens is 2. The monoisotopic (exact) mass is 259 g/mol. The lowest BCUT2D eigenvalue weighted by Crippen LogP contribution is -2.43. The first-order valence-corrected chi connectivity index (χ1v) is 6.62. The number of rotatable bonds is 4. The van der Waals surface area contributed by atoms with Crippen LogP contribution in [0, 0.1) is 5.92 Å². The van der Waals surface area contributed by atoms with Crippen molar-refractivity contribution in [1.82, 2.24) is 15.3 Å². The summed E-state index contributed by atoms with van der Waals surface area (Å²) in [5.41, 5.74) is 2.36. The van der Waals surface area contributed by atoms with Gasteiger partial charge in [-0.1, -0.05) is 0 Å². The molecule has 3 rings (SSSR count). The predicted octanol–water partition coefficient (Wildman–Crippen LogP) is 1.50. The summed E-state index contributed by atoms with van der Waals surface area (Å²) in [7, 11) is 0. The van der Waals surface area contributed by atoms with Crippen LogP contribution in [0.4, 0.5) is 0 Å². The Balaban J connectivity index is 1.83. The standard InChI is InChI=1S/C14H17N3O2/c1-2-19-14(18)10-3-4-11-12(6-10)17-13(16-11)5-9-7-15-8-9/h3-4,6,9,15H,2,5,7-8H2,1H3,(H,16,17). The van der Waals surface area contributed by atoms with E-state index in [0.29, 0.717) is 18.1 Å². The largest absolute Gasteiger partial charge is 0.462 e. The molecule has 1 aromatic heterocycles. The van der Waals surface area contributed by atoms with Crippen LogP contribution in [0.5, 0.6) is 0 Å². The van der Waals surface area contributed by atoms with Gasteiger partial charge in [-0.3, -0.25) is 0 Å². The average Bonchev–Trinajstić information content (AvgIpc) is 2.75. The lowest BCUT2D eigenvalue weighted by atomic mass is 9.99. The van der Waals surface area contributed by atoms with Crippen LogP contribution in [0.1, 0.15) is 23.1 Å². The van der Waals surface area contributed by atoms with E-state index in [9.17, 15) is 4.79 Å². The van der Waals surface area contributed by atoms with E-state index in [1.807, 2.05) is 12.1 Å². The zero-order chi connectivity index (χ0) is 13.2. The normalized spacial score (nSPS) is 15.4. The summed E-state index contributed by atoms with van der Waals surface area (Å²) >= 11 is 0. The molecule has 0 spiro atoms. The molecule has 2 heterocycles. The van der Waals surface area contributed by atoms with E-state index in [1.54, 1.807) is 13.0 Å². The third-order valence-corrected chi connectivity index (χ3v) is 3.39. The summed E-state index contributed by atoms with van der Waals surface area (Å²) in [5.74, 6) is 1.37. The number of carbonyl (C=O) groups excluding carboxylic acids is 1. The summed E-state index contributed by atoms with van der Waals surface area (Å²) in [6.07, 6.45) is 0.955. The van der Waals surface area contributed by atoms with Crippen LogP contribution in [0.15, 0.2) is 18.2 Å². The molecular formula is C14H17N3O2. The smallest absolute Gasteiger partial charge is 0.338 e. The van der Waals surface area contributed by atoms with Crippen LogP contribution in [-0.4, -0.2) is 35.6 Å². The molecule has 5 heteroatoms. The number of H-pyrrole nitrogens is 1. The predicted molar refractivity (Wildman–Crippen MR) is 72.1 cm³/mol. The first-order valence-electron chi connectivity index (χ1n) is 6.62. The van der Waals surface area contributed by atoms with Crippen LogP contribution in [0.2, 0.25) is 0 Å². The summed E-state index contributed by atoms with van der Waals surface area (Å²) in [4.78, 5) is 19.5. The van der Waals surface area contributed by atoms with Gasteiger partial charge >= 0.3 is 5.97 Å². The van der Waals surface area contributed by atoms with Gasteiger partial charge < -0.3 is 15.0 Å². The Hall–Kier alpha value is -1.88. The molecular weight excluding hydrogens is 242 g/mol. The highest BCUT2D eigenvalue weighted by molar-refractivity contribution is 5.93. The Bertz CT molecular complexity index is 602. The number of hydrogen-bond donors (Lipinski definition) is 2. The Morgan fingerprint density at radius 1 is 1.47 bits per heavy atom.